The molecule has 3 rings (SSSR count). The molecule has 1 saturated heterocycles. The molecule has 0 spiro atoms. The molecule has 2 aromatic carbocycles. The van der Waals surface area contributed by atoms with E-state index < -0.39 is 23.6 Å². The van der Waals surface area contributed by atoms with Crippen molar-refractivity contribution < 1.29 is 19.4 Å². The van der Waals surface area contributed by atoms with E-state index in [1.165, 1.54) is 0 Å². The minimum atomic E-state index is -1.19. The van der Waals surface area contributed by atoms with Gasteiger partial charge in [-0.25, -0.2) is 4.79 Å². The highest BCUT2D eigenvalue weighted by atomic mass is 16.5. The number of methoxy groups -OCH3 is 1. The van der Waals surface area contributed by atoms with Crippen molar-refractivity contribution in [3.8, 4) is 5.75 Å². The molecule has 0 aromatic heterocycles. The van der Waals surface area contributed by atoms with Crippen LogP contribution in [-0.4, -0.2) is 35.6 Å². The van der Waals surface area contributed by atoms with Crippen LogP contribution in [0.1, 0.15) is 24.2 Å². The van der Waals surface area contributed by atoms with Crippen LogP contribution in [-0.2, 0) is 10.3 Å². The second-order valence-corrected chi connectivity index (χ2v) is 6.13. The third kappa shape index (κ3) is 3.08. The summed E-state index contributed by atoms with van der Waals surface area (Å²) < 4.78 is 5.19. The number of urea groups is 1. The number of carbonyl (C=O) groups excluding carboxylic acids is 2. The lowest BCUT2D eigenvalue weighted by molar-refractivity contribution is -0.132. The Morgan fingerprint density at radius 2 is 1.88 bits per heavy atom. The number of β-amino-alcohol motifs (C(OH)–C–C–N with tert-alkyl or cyclic N) is 1. The number of aliphatic hydroxyl groups excluding tert-OH is 1. The van der Waals surface area contributed by atoms with Gasteiger partial charge in [-0.2, -0.15) is 0 Å². The topological polar surface area (TPSA) is 78.9 Å². The van der Waals surface area contributed by atoms with Crippen molar-refractivity contribution >= 4 is 11.9 Å². The number of hydrogen-bond donors (Lipinski definition) is 2. The molecule has 0 aliphatic carbocycles. The van der Waals surface area contributed by atoms with E-state index in [0.717, 1.165) is 4.90 Å². The summed E-state index contributed by atoms with van der Waals surface area (Å²) in [5, 5.41) is 13.1. The van der Waals surface area contributed by atoms with E-state index in [4.69, 9.17) is 4.74 Å². The van der Waals surface area contributed by atoms with Crippen molar-refractivity contribution in [2.24, 2.45) is 0 Å². The summed E-state index contributed by atoms with van der Waals surface area (Å²) >= 11 is 0. The van der Waals surface area contributed by atoms with Crippen molar-refractivity contribution in [1.29, 1.82) is 0 Å². The van der Waals surface area contributed by atoms with Gasteiger partial charge in [0.05, 0.1) is 19.8 Å². The highest BCUT2D eigenvalue weighted by Gasteiger charge is 2.49. The van der Waals surface area contributed by atoms with Crippen LogP contribution < -0.4 is 10.1 Å². The van der Waals surface area contributed by atoms with Crippen molar-refractivity contribution in [1.82, 2.24) is 10.2 Å². The predicted molar refractivity (Wildman–Crippen MR) is 92.0 cm³/mol. The zero-order chi connectivity index (χ0) is 18.0. The molecule has 130 valence electrons. The molecule has 0 radical (unpaired) electrons. The molecule has 0 saturated carbocycles. The largest absolute Gasteiger partial charge is 0.497 e. The highest BCUT2D eigenvalue weighted by Crippen LogP contribution is 2.31. The first-order valence-corrected chi connectivity index (χ1v) is 7.97. The number of imide groups is 1. The van der Waals surface area contributed by atoms with Crippen LogP contribution in [0.25, 0.3) is 0 Å². The van der Waals surface area contributed by atoms with Crippen LogP contribution in [0, 0.1) is 0 Å². The molecular formula is C19H20N2O4. The Hall–Kier alpha value is -2.86. The second-order valence-electron chi connectivity index (χ2n) is 6.13. The summed E-state index contributed by atoms with van der Waals surface area (Å²) in [7, 11) is 1.54. The van der Waals surface area contributed by atoms with E-state index in [0.29, 0.717) is 16.9 Å². The van der Waals surface area contributed by atoms with E-state index in [9.17, 15) is 14.7 Å². The SMILES string of the molecule is COc1cccc([C@]2(C)NC(=O)N(C[C@H](O)c3ccccc3)C2=O)c1. The van der Waals surface area contributed by atoms with Crippen LogP contribution in [0.3, 0.4) is 0 Å². The number of aliphatic hydroxyl groups is 1. The van der Waals surface area contributed by atoms with Crippen LogP contribution in [0.2, 0.25) is 0 Å². The van der Waals surface area contributed by atoms with Crippen LogP contribution >= 0.6 is 0 Å². The molecular weight excluding hydrogens is 320 g/mol. The summed E-state index contributed by atoms with van der Waals surface area (Å²) in [5.41, 5.74) is 0.0853. The number of nitrogens with zero attached hydrogens (tertiary/aromatic N) is 1. The number of amides is 3. The fourth-order valence-electron chi connectivity index (χ4n) is 2.95. The van der Waals surface area contributed by atoms with Gasteiger partial charge in [-0.3, -0.25) is 9.69 Å². The Bertz CT molecular complexity index is 793. The van der Waals surface area contributed by atoms with Crippen molar-refractivity contribution in [2.45, 2.75) is 18.6 Å². The first kappa shape index (κ1) is 17.0. The molecule has 2 atom stereocenters. The maximum atomic E-state index is 12.9. The molecule has 1 heterocycles. The van der Waals surface area contributed by atoms with Crippen LogP contribution in [0.4, 0.5) is 4.79 Å². The third-order valence-corrected chi connectivity index (χ3v) is 4.46. The molecule has 2 aromatic rings. The maximum absolute atomic E-state index is 12.9. The minimum Gasteiger partial charge on any atom is -0.497 e. The van der Waals surface area contributed by atoms with Gasteiger partial charge in [0.1, 0.15) is 11.3 Å². The molecule has 6 nitrogen and oxygen atoms in total. The number of hydrogen-bond acceptors (Lipinski definition) is 4. The van der Waals surface area contributed by atoms with E-state index >= 15 is 0 Å². The van der Waals surface area contributed by atoms with E-state index in [-0.39, 0.29) is 6.54 Å². The van der Waals surface area contributed by atoms with Gasteiger partial charge in [0.2, 0.25) is 0 Å². The average Bonchev–Trinajstić information content (AvgIpc) is 2.86. The van der Waals surface area contributed by atoms with Crippen LogP contribution in [0.5, 0.6) is 5.75 Å². The van der Waals surface area contributed by atoms with Gasteiger partial charge in [-0.15, -0.1) is 0 Å². The zero-order valence-electron chi connectivity index (χ0n) is 14.1. The molecule has 25 heavy (non-hydrogen) atoms. The maximum Gasteiger partial charge on any atom is 0.325 e. The van der Waals surface area contributed by atoms with Crippen molar-refractivity contribution in [3.63, 3.8) is 0 Å². The van der Waals surface area contributed by atoms with Crippen molar-refractivity contribution in [2.75, 3.05) is 13.7 Å². The van der Waals surface area contributed by atoms with Gasteiger partial charge in [0, 0.05) is 0 Å². The molecule has 1 aliphatic rings. The quantitative estimate of drug-likeness (QED) is 0.818. The van der Waals surface area contributed by atoms with Gasteiger partial charge in [0.25, 0.3) is 5.91 Å². The van der Waals surface area contributed by atoms with Crippen LogP contribution in [0.15, 0.2) is 54.6 Å². The molecule has 1 aliphatic heterocycles. The highest BCUT2D eigenvalue weighted by molar-refractivity contribution is 6.07. The fourth-order valence-corrected chi connectivity index (χ4v) is 2.95. The first-order valence-electron chi connectivity index (χ1n) is 7.97. The minimum absolute atomic E-state index is 0.103. The number of carbonyl (C=O) groups is 2. The van der Waals surface area contributed by atoms with Gasteiger partial charge < -0.3 is 15.2 Å². The first-order chi connectivity index (χ1) is 12.0. The molecule has 1 fully saturated rings. The predicted octanol–water partition coefficient (Wildman–Crippen LogP) is 2.20. The lowest BCUT2D eigenvalue weighted by Gasteiger charge is -2.23. The lowest BCUT2D eigenvalue weighted by Crippen LogP contribution is -2.41. The molecule has 6 heteroatoms. The Labute approximate surface area is 146 Å². The monoisotopic (exact) mass is 340 g/mol. The number of benzene rings is 2. The average molecular weight is 340 g/mol. The van der Waals surface area contributed by atoms with E-state index in [1.54, 1.807) is 62.6 Å². The fraction of sp³-hybridized carbons (Fsp3) is 0.263. The molecule has 3 amide bonds. The van der Waals surface area contributed by atoms with Gasteiger partial charge in [-0.05, 0) is 30.2 Å². The summed E-state index contributed by atoms with van der Waals surface area (Å²) in [4.78, 5) is 26.3. The van der Waals surface area contributed by atoms with E-state index in [2.05, 4.69) is 5.32 Å². The molecule has 2 N–H and O–H groups in total. The summed E-state index contributed by atoms with van der Waals surface area (Å²) in [6.07, 6.45) is -0.941. The summed E-state index contributed by atoms with van der Waals surface area (Å²) in [6, 6.07) is 15.4. The standard InChI is InChI=1S/C19H20N2O4/c1-19(14-9-6-10-15(11-14)25-2)17(23)21(18(24)20-19)12-16(22)13-7-4-3-5-8-13/h3-11,16,22H,12H2,1-2H3,(H,20,24)/t16-,19-/m0/s1. The zero-order valence-corrected chi connectivity index (χ0v) is 14.1. The number of nitrogens with one attached hydrogen (secondary N) is 1. The third-order valence-electron chi connectivity index (χ3n) is 4.46. The normalized spacial score (nSPS) is 21.2. The Kier molecular flexibility index (Phi) is 4.46. The Morgan fingerprint density at radius 1 is 1.16 bits per heavy atom. The smallest absolute Gasteiger partial charge is 0.325 e. The Balaban J connectivity index is 1.84. The number of rotatable bonds is 5. The molecule has 0 unspecified atom stereocenters. The second kappa shape index (κ2) is 6.57. The van der Waals surface area contributed by atoms with Gasteiger partial charge >= 0.3 is 6.03 Å². The summed E-state index contributed by atoms with van der Waals surface area (Å²) in [6.45, 7) is 1.55. The number of ether oxygens (including phenoxy) is 1. The lowest BCUT2D eigenvalue weighted by atomic mass is 9.92. The van der Waals surface area contributed by atoms with E-state index in [1.807, 2.05) is 6.07 Å². The molecule has 0 bridgehead atoms. The van der Waals surface area contributed by atoms with Gasteiger partial charge in [-0.1, -0.05) is 42.5 Å². The summed E-state index contributed by atoms with van der Waals surface area (Å²) in [5.74, 6) is 0.198. The van der Waals surface area contributed by atoms with Gasteiger partial charge in [0.15, 0.2) is 0 Å². The van der Waals surface area contributed by atoms with Crippen molar-refractivity contribution in [3.05, 3.63) is 65.7 Å². The Morgan fingerprint density at radius 3 is 2.56 bits per heavy atom.